The summed E-state index contributed by atoms with van der Waals surface area (Å²) in [5, 5.41) is 4.22. The molecule has 3 nitrogen and oxygen atoms in total. The molecule has 0 bridgehead atoms. The molecule has 3 rings (SSSR count). The van der Waals surface area contributed by atoms with Gasteiger partial charge in [-0.25, -0.2) is 4.39 Å². The van der Waals surface area contributed by atoms with Gasteiger partial charge in [-0.15, -0.1) is 0 Å². The van der Waals surface area contributed by atoms with E-state index in [9.17, 15) is 9.18 Å². The number of carbonyl (C=O) groups excluding carboxylic acids is 1. The number of fused-ring (bicyclic) bond motifs is 1. The average Bonchev–Trinajstić information content (AvgIpc) is 2.56. The number of carbonyl (C=O) groups is 1. The van der Waals surface area contributed by atoms with Gasteiger partial charge >= 0.3 is 0 Å². The minimum absolute atomic E-state index is 0.224. The van der Waals surface area contributed by atoms with Crippen molar-refractivity contribution in [1.29, 1.82) is 0 Å². The molecule has 0 fully saturated rings. The highest BCUT2D eigenvalue weighted by atomic mass is 35.5. The number of nitrogens with zero attached hydrogens (tertiary/aromatic N) is 1. The molecule has 0 aliphatic rings. The van der Waals surface area contributed by atoms with Crippen LogP contribution in [0.5, 0.6) is 0 Å². The van der Waals surface area contributed by atoms with Crippen LogP contribution in [0.2, 0.25) is 5.02 Å². The molecule has 122 valence electrons. The Kier molecular flexibility index (Phi) is 4.76. The molecular weight excluding hydrogens is 327 g/mol. The maximum absolute atomic E-state index is 13.6. The summed E-state index contributed by atoms with van der Waals surface area (Å²) < 4.78 is 13.6. The van der Waals surface area contributed by atoms with Gasteiger partial charge in [0.15, 0.2) is 0 Å². The van der Waals surface area contributed by atoms with Crippen molar-refractivity contribution < 1.29 is 9.18 Å². The highest BCUT2D eigenvalue weighted by Crippen LogP contribution is 2.20. The van der Waals surface area contributed by atoms with Gasteiger partial charge in [-0.3, -0.25) is 9.78 Å². The maximum Gasteiger partial charge on any atom is 0.253 e. The van der Waals surface area contributed by atoms with Gasteiger partial charge in [0.05, 0.1) is 16.8 Å². The second kappa shape index (κ2) is 6.97. The Labute approximate surface area is 144 Å². The molecule has 0 atom stereocenters. The Balaban J connectivity index is 1.74. The number of aromatic nitrogens is 1. The molecule has 1 N–H and O–H groups in total. The van der Waals surface area contributed by atoms with E-state index in [1.807, 2.05) is 6.07 Å². The molecule has 24 heavy (non-hydrogen) atoms. The number of benzene rings is 2. The molecule has 1 aromatic heterocycles. The minimum Gasteiger partial charge on any atom is -0.352 e. The Morgan fingerprint density at radius 3 is 2.79 bits per heavy atom. The van der Waals surface area contributed by atoms with Crippen LogP contribution < -0.4 is 5.32 Å². The highest BCUT2D eigenvalue weighted by molar-refractivity contribution is 6.31. The fourth-order valence-corrected chi connectivity index (χ4v) is 2.76. The van der Waals surface area contributed by atoms with Crippen molar-refractivity contribution in [2.45, 2.75) is 13.3 Å². The van der Waals surface area contributed by atoms with Crippen molar-refractivity contribution in [3.8, 4) is 0 Å². The Bertz CT molecular complexity index is 911. The normalized spacial score (nSPS) is 10.8. The van der Waals surface area contributed by atoms with Crippen molar-refractivity contribution in [3.63, 3.8) is 0 Å². The summed E-state index contributed by atoms with van der Waals surface area (Å²) in [4.78, 5) is 16.8. The van der Waals surface area contributed by atoms with Gasteiger partial charge in [-0.1, -0.05) is 29.8 Å². The molecule has 0 unspecified atom stereocenters. The van der Waals surface area contributed by atoms with Crippen molar-refractivity contribution >= 4 is 28.4 Å². The summed E-state index contributed by atoms with van der Waals surface area (Å²) >= 11 is 5.99. The van der Waals surface area contributed by atoms with Crippen LogP contribution in [0.15, 0.2) is 48.5 Å². The van der Waals surface area contributed by atoms with E-state index < -0.39 is 0 Å². The van der Waals surface area contributed by atoms with Crippen LogP contribution in [0.4, 0.5) is 4.39 Å². The monoisotopic (exact) mass is 342 g/mol. The fraction of sp³-hybridized carbons (Fsp3) is 0.158. The second-order valence-corrected chi connectivity index (χ2v) is 5.99. The lowest BCUT2D eigenvalue weighted by molar-refractivity contribution is 0.0953. The van der Waals surface area contributed by atoms with Gasteiger partial charge in [0.2, 0.25) is 0 Å². The summed E-state index contributed by atoms with van der Waals surface area (Å²) in [6, 6.07) is 13.7. The number of halogens is 2. The number of amides is 1. The van der Waals surface area contributed by atoms with Crippen LogP contribution in [0.3, 0.4) is 0 Å². The van der Waals surface area contributed by atoms with Crippen LogP contribution in [-0.2, 0) is 6.42 Å². The lowest BCUT2D eigenvalue weighted by atomic mass is 10.1. The molecule has 1 amide bonds. The van der Waals surface area contributed by atoms with Crippen LogP contribution in [-0.4, -0.2) is 17.4 Å². The largest absolute Gasteiger partial charge is 0.352 e. The Hall–Kier alpha value is -2.46. The summed E-state index contributed by atoms with van der Waals surface area (Å²) in [5.74, 6) is -0.483. The molecule has 3 aromatic rings. The molecule has 0 spiro atoms. The topological polar surface area (TPSA) is 42.0 Å². The van der Waals surface area contributed by atoms with Crippen molar-refractivity contribution in [2.24, 2.45) is 0 Å². The van der Waals surface area contributed by atoms with E-state index in [1.165, 1.54) is 6.07 Å². The minimum atomic E-state index is -0.259. The predicted octanol–water partition coefficient (Wildman–Crippen LogP) is 4.31. The zero-order valence-electron chi connectivity index (χ0n) is 13.1. The first-order chi connectivity index (χ1) is 11.5. The SMILES string of the molecule is Cc1nc2ccc(Cl)cc2cc1C(=O)NCCc1ccccc1F. The molecule has 2 aromatic carbocycles. The molecule has 5 heteroatoms. The quantitative estimate of drug-likeness (QED) is 0.767. The summed E-state index contributed by atoms with van der Waals surface area (Å²) in [5.41, 5.74) is 2.52. The first kappa shape index (κ1) is 16.4. The number of nitrogens with one attached hydrogen (secondary N) is 1. The number of hydrogen-bond acceptors (Lipinski definition) is 2. The number of rotatable bonds is 4. The van der Waals surface area contributed by atoms with Crippen LogP contribution in [0.25, 0.3) is 10.9 Å². The highest BCUT2D eigenvalue weighted by Gasteiger charge is 2.12. The zero-order chi connectivity index (χ0) is 17.1. The average molecular weight is 343 g/mol. The molecule has 0 aliphatic carbocycles. The number of pyridine rings is 1. The third-order valence-electron chi connectivity index (χ3n) is 3.85. The first-order valence-electron chi connectivity index (χ1n) is 7.63. The fourth-order valence-electron chi connectivity index (χ4n) is 2.58. The van der Waals surface area contributed by atoms with Gasteiger partial charge in [-0.2, -0.15) is 0 Å². The Morgan fingerprint density at radius 1 is 1.21 bits per heavy atom. The second-order valence-electron chi connectivity index (χ2n) is 5.56. The van der Waals surface area contributed by atoms with Gasteiger partial charge < -0.3 is 5.32 Å². The molecular formula is C19H16ClFN2O. The molecule has 0 saturated carbocycles. The first-order valence-corrected chi connectivity index (χ1v) is 8.01. The van der Waals surface area contributed by atoms with Gasteiger partial charge in [0, 0.05) is 17.0 Å². The van der Waals surface area contributed by atoms with Crippen molar-refractivity contribution in [3.05, 3.63) is 76.2 Å². The standard InChI is InChI=1S/C19H16ClFN2O/c1-12-16(11-14-10-15(20)6-7-18(14)23-12)19(24)22-9-8-13-4-2-3-5-17(13)21/h2-7,10-11H,8-9H2,1H3,(H,22,24). The smallest absolute Gasteiger partial charge is 0.253 e. The van der Waals surface area contributed by atoms with E-state index >= 15 is 0 Å². The number of hydrogen-bond donors (Lipinski definition) is 1. The van der Waals surface area contributed by atoms with E-state index in [2.05, 4.69) is 10.3 Å². The van der Waals surface area contributed by atoms with Gasteiger partial charge in [0.25, 0.3) is 5.91 Å². The third kappa shape index (κ3) is 3.54. The summed E-state index contributed by atoms with van der Waals surface area (Å²) in [6.07, 6.45) is 0.435. The van der Waals surface area contributed by atoms with Crippen LogP contribution in [0, 0.1) is 12.7 Å². The van der Waals surface area contributed by atoms with E-state index in [1.54, 1.807) is 43.3 Å². The zero-order valence-corrected chi connectivity index (χ0v) is 13.9. The van der Waals surface area contributed by atoms with Crippen molar-refractivity contribution in [1.82, 2.24) is 10.3 Å². The molecule has 0 aliphatic heterocycles. The van der Waals surface area contributed by atoms with Gasteiger partial charge in [-0.05, 0) is 49.2 Å². The lowest BCUT2D eigenvalue weighted by Crippen LogP contribution is -2.26. The maximum atomic E-state index is 13.6. The Morgan fingerprint density at radius 2 is 2.00 bits per heavy atom. The van der Waals surface area contributed by atoms with E-state index in [4.69, 9.17) is 11.6 Å². The molecule has 1 heterocycles. The summed E-state index contributed by atoms with van der Waals surface area (Å²) in [7, 11) is 0. The van der Waals surface area contributed by atoms with Crippen LogP contribution in [0.1, 0.15) is 21.6 Å². The van der Waals surface area contributed by atoms with Crippen molar-refractivity contribution in [2.75, 3.05) is 6.54 Å². The van der Waals surface area contributed by atoms with E-state index in [0.29, 0.717) is 34.8 Å². The lowest BCUT2D eigenvalue weighted by Gasteiger charge is -2.09. The van der Waals surface area contributed by atoms with Gasteiger partial charge in [0.1, 0.15) is 5.82 Å². The molecule has 0 radical (unpaired) electrons. The molecule has 0 saturated heterocycles. The van der Waals surface area contributed by atoms with Crippen LogP contribution >= 0.6 is 11.6 Å². The number of aryl methyl sites for hydroxylation is 1. The predicted molar refractivity (Wildman–Crippen MR) is 93.9 cm³/mol. The third-order valence-corrected chi connectivity index (χ3v) is 4.08. The van der Waals surface area contributed by atoms with E-state index in [-0.39, 0.29) is 11.7 Å². The van der Waals surface area contributed by atoms with E-state index in [0.717, 1.165) is 10.9 Å². The summed E-state index contributed by atoms with van der Waals surface area (Å²) in [6.45, 7) is 2.15.